The first-order valence-corrected chi connectivity index (χ1v) is 9.38. The van der Waals surface area contributed by atoms with Crippen LogP contribution in [0.3, 0.4) is 0 Å². The molecule has 1 atom stereocenters. The summed E-state index contributed by atoms with van der Waals surface area (Å²) in [6, 6.07) is 9.70. The number of aryl methyl sites for hydroxylation is 1. The minimum Gasteiger partial charge on any atom is -0.483 e. The van der Waals surface area contributed by atoms with Crippen LogP contribution < -0.4 is 15.7 Å². The molecule has 152 valence electrons. The first-order chi connectivity index (χ1) is 13.8. The molecule has 7 heteroatoms. The number of aliphatic carboxylic acids is 1. The molecule has 0 saturated heterocycles. The number of fused-ring (bicyclic) bond motifs is 3. The SMILES string of the molecule is Cc1c(OCC(=O)NC(CC(C)C)C(=O)O)ccc2c1oc(=O)c1ccccc12. The fourth-order valence-electron chi connectivity index (χ4n) is 3.29. The van der Waals surface area contributed by atoms with Crippen molar-refractivity contribution < 1.29 is 23.8 Å². The van der Waals surface area contributed by atoms with Crippen LogP contribution in [0.2, 0.25) is 0 Å². The van der Waals surface area contributed by atoms with Crippen molar-refractivity contribution in [3.8, 4) is 5.75 Å². The van der Waals surface area contributed by atoms with Gasteiger partial charge in [0.2, 0.25) is 0 Å². The highest BCUT2D eigenvalue weighted by Gasteiger charge is 2.21. The average molecular weight is 397 g/mol. The molecule has 2 N–H and O–H groups in total. The van der Waals surface area contributed by atoms with E-state index in [-0.39, 0.29) is 12.5 Å². The molecular formula is C22H23NO6. The molecule has 1 heterocycles. The van der Waals surface area contributed by atoms with Crippen LogP contribution in [0.5, 0.6) is 5.75 Å². The number of carboxylic acids is 1. The topological polar surface area (TPSA) is 106 Å². The van der Waals surface area contributed by atoms with E-state index in [1.165, 1.54) is 0 Å². The van der Waals surface area contributed by atoms with Crippen LogP contribution in [0.15, 0.2) is 45.6 Å². The van der Waals surface area contributed by atoms with Gasteiger partial charge >= 0.3 is 11.6 Å². The van der Waals surface area contributed by atoms with Crippen LogP contribution in [0.25, 0.3) is 21.7 Å². The number of amides is 1. The second-order valence-electron chi connectivity index (χ2n) is 7.38. The molecule has 1 unspecified atom stereocenters. The number of ether oxygens (including phenoxy) is 1. The zero-order valence-corrected chi connectivity index (χ0v) is 16.5. The Morgan fingerprint density at radius 3 is 2.45 bits per heavy atom. The summed E-state index contributed by atoms with van der Waals surface area (Å²) in [5.41, 5.74) is 0.550. The molecular weight excluding hydrogens is 374 g/mol. The van der Waals surface area contributed by atoms with Gasteiger partial charge in [0.05, 0.1) is 5.39 Å². The lowest BCUT2D eigenvalue weighted by molar-refractivity contribution is -0.142. The van der Waals surface area contributed by atoms with E-state index < -0.39 is 23.5 Å². The quantitative estimate of drug-likeness (QED) is 0.468. The number of nitrogens with one attached hydrogen (secondary N) is 1. The number of benzene rings is 2. The van der Waals surface area contributed by atoms with Gasteiger partial charge in [0, 0.05) is 10.9 Å². The van der Waals surface area contributed by atoms with Crippen LogP contribution in [0.1, 0.15) is 25.8 Å². The summed E-state index contributed by atoms with van der Waals surface area (Å²) in [7, 11) is 0. The Balaban J connectivity index is 1.81. The average Bonchev–Trinajstić information content (AvgIpc) is 2.67. The third kappa shape index (κ3) is 4.39. The largest absolute Gasteiger partial charge is 0.483 e. The van der Waals surface area contributed by atoms with Crippen molar-refractivity contribution in [1.82, 2.24) is 5.32 Å². The van der Waals surface area contributed by atoms with Crippen molar-refractivity contribution in [3.05, 3.63) is 52.4 Å². The maximum atomic E-state index is 12.3. The van der Waals surface area contributed by atoms with Crippen molar-refractivity contribution in [2.45, 2.75) is 33.2 Å². The van der Waals surface area contributed by atoms with E-state index in [1.807, 2.05) is 26.0 Å². The number of carbonyl (C=O) groups excluding carboxylic acids is 1. The van der Waals surface area contributed by atoms with Crippen molar-refractivity contribution in [3.63, 3.8) is 0 Å². The van der Waals surface area contributed by atoms with Gasteiger partial charge in [-0.1, -0.05) is 32.0 Å². The summed E-state index contributed by atoms with van der Waals surface area (Å²) >= 11 is 0. The van der Waals surface area contributed by atoms with Gasteiger partial charge in [-0.05, 0) is 42.8 Å². The van der Waals surface area contributed by atoms with E-state index in [0.29, 0.717) is 28.7 Å². The van der Waals surface area contributed by atoms with E-state index in [2.05, 4.69) is 5.32 Å². The third-order valence-electron chi connectivity index (χ3n) is 4.69. The van der Waals surface area contributed by atoms with E-state index in [0.717, 1.165) is 10.8 Å². The molecule has 1 aromatic heterocycles. The molecule has 3 aromatic rings. The monoisotopic (exact) mass is 397 g/mol. The van der Waals surface area contributed by atoms with Crippen LogP contribution in [-0.4, -0.2) is 29.6 Å². The lowest BCUT2D eigenvalue weighted by Gasteiger charge is -2.17. The van der Waals surface area contributed by atoms with Crippen molar-refractivity contribution >= 4 is 33.6 Å². The second-order valence-corrected chi connectivity index (χ2v) is 7.38. The van der Waals surface area contributed by atoms with E-state index >= 15 is 0 Å². The lowest BCUT2D eigenvalue weighted by atomic mass is 10.0. The van der Waals surface area contributed by atoms with Gasteiger partial charge in [-0.2, -0.15) is 0 Å². The summed E-state index contributed by atoms with van der Waals surface area (Å²) in [6.45, 7) is 5.17. The van der Waals surface area contributed by atoms with Crippen molar-refractivity contribution in [2.24, 2.45) is 5.92 Å². The minimum absolute atomic E-state index is 0.123. The van der Waals surface area contributed by atoms with Crippen molar-refractivity contribution in [2.75, 3.05) is 6.61 Å². The maximum absolute atomic E-state index is 12.3. The zero-order valence-electron chi connectivity index (χ0n) is 16.5. The molecule has 0 aliphatic carbocycles. The lowest BCUT2D eigenvalue weighted by Crippen LogP contribution is -2.43. The smallest absolute Gasteiger partial charge is 0.344 e. The summed E-state index contributed by atoms with van der Waals surface area (Å²) in [5.74, 6) is -1.10. The minimum atomic E-state index is -1.08. The molecule has 0 aliphatic rings. The first kappa shape index (κ1) is 20.4. The van der Waals surface area contributed by atoms with Gasteiger partial charge < -0.3 is 19.6 Å². The highest BCUT2D eigenvalue weighted by Crippen LogP contribution is 2.30. The molecule has 3 rings (SSSR count). The van der Waals surface area contributed by atoms with Gasteiger partial charge in [-0.15, -0.1) is 0 Å². The Morgan fingerprint density at radius 2 is 1.79 bits per heavy atom. The standard InChI is InChI=1S/C22H23NO6/c1-12(2)10-17(21(25)26)23-19(24)11-28-18-9-8-15-14-6-4-5-7-16(14)22(27)29-20(15)13(18)3/h4-9,12,17H,10-11H2,1-3H3,(H,23,24)(H,25,26). The number of rotatable bonds is 7. The molecule has 2 aromatic carbocycles. The van der Waals surface area contributed by atoms with Crippen LogP contribution in [0, 0.1) is 12.8 Å². The Hall–Kier alpha value is -3.35. The van der Waals surface area contributed by atoms with Gasteiger partial charge in [-0.25, -0.2) is 9.59 Å². The number of carbonyl (C=O) groups is 2. The highest BCUT2D eigenvalue weighted by atomic mass is 16.5. The molecule has 29 heavy (non-hydrogen) atoms. The highest BCUT2D eigenvalue weighted by molar-refractivity contribution is 6.05. The van der Waals surface area contributed by atoms with Gasteiger partial charge in [0.1, 0.15) is 17.4 Å². The summed E-state index contributed by atoms with van der Waals surface area (Å²) in [6.07, 6.45) is 0.328. The van der Waals surface area contributed by atoms with Gasteiger partial charge in [-0.3, -0.25) is 4.79 Å². The second kappa shape index (κ2) is 8.34. The Morgan fingerprint density at radius 1 is 1.10 bits per heavy atom. The summed E-state index contributed by atoms with van der Waals surface area (Å²) < 4.78 is 11.1. The normalized spacial score (nSPS) is 12.3. The Labute approximate surface area is 167 Å². The summed E-state index contributed by atoms with van der Waals surface area (Å²) in [5, 5.41) is 13.8. The predicted molar refractivity (Wildman–Crippen MR) is 109 cm³/mol. The Bertz CT molecular complexity index is 1130. The Kier molecular flexibility index (Phi) is 5.87. The fourth-order valence-corrected chi connectivity index (χ4v) is 3.29. The molecule has 0 aliphatic heterocycles. The number of hydrogen-bond donors (Lipinski definition) is 2. The van der Waals surface area contributed by atoms with Crippen LogP contribution in [-0.2, 0) is 9.59 Å². The van der Waals surface area contributed by atoms with E-state index in [9.17, 15) is 19.5 Å². The van der Waals surface area contributed by atoms with Gasteiger partial charge in [0.25, 0.3) is 5.91 Å². The molecule has 1 amide bonds. The molecule has 7 nitrogen and oxygen atoms in total. The first-order valence-electron chi connectivity index (χ1n) is 9.38. The fraction of sp³-hybridized carbons (Fsp3) is 0.318. The third-order valence-corrected chi connectivity index (χ3v) is 4.69. The molecule has 0 bridgehead atoms. The summed E-state index contributed by atoms with van der Waals surface area (Å²) in [4.78, 5) is 35.7. The van der Waals surface area contributed by atoms with Gasteiger partial charge in [0.15, 0.2) is 6.61 Å². The molecule has 0 radical (unpaired) electrons. The molecule has 0 saturated carbocycles. The van der Waals surface area contributed by atoms with Crippen LogP contribution >= 0.6 is 0 Å². The molecule has 0 fully saturated rings. The number of carboxylic acid groups (broad SMARTS) is 1. The number of hydrogen-bond acceptors (Lipinski definition) is 5. The molecule has 0 spiro atoms. The van der Waals surface area contributed by atoms with E-state index in [4.69, 9.17) is 9.15 Å². The van der Waals surface area contributed by atoms with Crippen LogP contribution in [0.4, 0.5) is 0 Å². The maximum Gasteiger partial charge on any atom is 0.344 e. The zero-order chi connectivity index (χ0) is 21.1. The van der Waals surface area contributed by atoms with Crippen molar-refractivity contribution in [1.29, 1.82) is 0 Å². The predicted octanol–water partition coefficient (Wildman–Crippen LogP) is 3.25. The van der Waals surface area contributed by atoms with E-state index in [1.54, 1.807) is 31.2 Å².